The number of aliphatic hydroxyl groups is 1. The lowest BCUT2D eigenvalue weighted by Gasteiger charge is -2.20. The number of para-hydroxylation sites is 2. The van der Waals surface area contributed by atoms with Crippen molar-refractivity contribution in [3.05, 3.63) is 106 Å². The third-order valence-corrected chi connectivity index (χ3v) is 6.77. The van der Waals surface area contributed by atoms with Crippen molar-refractivity contribution in [1.29, 1.82) is 0 Å². The van der Waals surface area contributed by atoms with Crippen LogP contribution in [0, 0.1) is 12.8 Å². The summed E-state index contributed by atoms with van der Waals surface area (Å²) in [4.78, 5) is 25.8. The van der Waals surface area contributed by atoms with Gasteiger partial charge in [0.25, 0.3) is 0 Å². The summed E-state index contributed by atoms with van der Waals surface area (Å²) >= 11 is 0. The molecule has 5 rings (SSSR count). The van der Waals surface area contributed by atoms with Crippen LogP contribution in [0.1, 0.15) is 22.8 Å². The van der Waals surface area contributed by atoms with Crippen LogP contribution in [0.4, 0.5) is 0 Å². The molecular weight excluding hydrogens is 442 g/mol. The van der Waals surface area contributed by atoms with Crippen LogP contribution >= 0.6 is 0 Å². The zero-order chi connectivity index (χ0) is 24.7. The quantitative estimate of drug-likeness (QED) is 0.376. The molecule has 7 heteroatoms. The Balaban J connectivity index is 1.60. The fraction of sp³-hybridized carbons (Fsp3) is 0.214. The zero-order valence-corrected chi connectivity index (χ0v) is 19.6. The number of nitrogens with zero attached hydrogens (tertiary/aromatic N) is 3. The zero-order valence-electron chi connectivity index (χ0n) is 19.6. The maximum absolute atomic E-state index is 13.7. The number of carbonyl (C=O) groups is 1. The number of hydrogen-bond acceptors (Lipinski definition) is 3. The molecule has 2 aromatic heterocycles. The number of imidazole rings is 1. The molecule has 0 saturated heterocycles. The van der Waals surface area contributed by atoms with Crippen LogP contribution in [0.5, 0.6) is 0 Å². The van der Waals surface area contributed by atoms with Crippen molar-refractivity contribution in [2.75, 3.05) is 0 Å². The second-order valence-corrected chi connectivity index (χ2v) is 9.00. The minimum atomic E-state index is -1.25. The Labute approximate surface area is 202 Å². The van der Waals surface area contributed by atoms with Crippen molar-refractivity contribution in [2.45, 2.75) is 26.1 Å². The van der Waals surface area contributed by atoms with Crippen LogP contribution in [-0.2, 0) is 24.9 Å². The Morgan fingerprint density at radius 2 is 1.51 bits per heavy atom. The van der Waals surface area contributed by atoms with Gasteiger partial charge >= 0.3 is 11.7 Å². The topological polar surface area (TPSA) is 89.4 Å². The molecule has 178 valence electrons. The van der Waals surface area contributed by atoms with Crippen LogP contribution in [0.15, 0.2) is 83.8 Å². The van der Waals surface area contributed by atoms with E-state index in [1.54, 1.807) is 34.9 Å². The molecule has 3 aromatic carbocycles. The molecule has 0 saturated carbocycles. The number of carboxylic acids is 1. The van der Waals surface area contributed by atoms with Gasteiger partial charge in [-0.2, -0.15) is 0 Å². The lowest BCUT2D eigenvalue weighted by atomic mass is 9.95. The largest absolute Gasteiger partial charge is 0.481 e. The fourth-order valence-electron chi connectivity index (χ4n) is 5.02. The number of aliphatic hydroxyl groups excluding tert-OH is 1. The van der Waals surface area contributed by atoms with E-state index < -0.39 is 18.0 Å². The van der Waals surface area contributed by atoms with Crippen LogP contribution in [0.2, 0.25) is 0 Å². The van der Waals surface area contributed by atoms with E-state index in [4.69, 9.17) is 0 Å². The molecule has 5 aromatic rings. The van der Waals surface area contributed by atoms with E-state index in [0.717, 1.165) is 27.5 Å². The normalized spacial score (nSPS) is 13.3. The molecule has 0 aliphatic heterocycles. The highest BCUT2D eigenvalue weighted by Gasteiger charge is 2.30. The van der Waals surface area contributed by atoms with Crippen LogP contribution in [0.25, 0.3) is 21.9 Å². The van der Waals surface area contributed by atoms with E-state index >= 15 is 0 Å². The Morgan fingerprint density at radius 3 is 2.20 bits per heavy atom. The van der Waals surface area contributed by atoms with Gasteiger partial charge < -0.3 is 14.8 Å². The van der Waals surface area contributed by atoms with Crippen LogP contribution in [-0.4, -0.2) is 29.9 Å². The predicted octanol–water partition coefficient (Wildman–Crippen LogP) is 4.09. The monoisotopic (exact) mass is 469 g/mol. The van der Waals surface area contributed by atoms with Crippen molar-refractivity contribution in [3.63, 3.8) is 0 Å². The van der Waals surface area contributed by atoms with Crippen molar-refractivity contribution >= 4 is 27.9 Å². The number of aryl methyl sites for hydroxylation is 2. The summed E-state index contributed by atoms with van der Waals surface area (Å²) in [7, 11) is 1.99. The number of aromatic nitrogens is 3. The third kappa shape index (κ3) is 3.94. The Morgan fingerprint density at radius 1 is 0.886 bits per heavy atom. The molecule has 35 heavy (non-hydrogen) atoms. The van der Waals surface area contributed by atoms with E-state index in [1.807, 2.05) is 43.6 Å². The Bertz CT molecular complexity index is 1590. The molecule has 0 spiro atoms. The molecule has 2 heterocycles. The van der Waals surface area contributed by atoms with Gasteiger partial charge in [0.05, 0.1) is 23.7 Å². The van der Waals surface area contributed by atoms with Crippen LogP contribution < -0.4 is 5.69 Å². The van der Waals surface area contributed by atoms with Gasteiger partial charge in [0.2, 0.25) is 0 Å². The van der Waals surface area contributed by atoms with Crippen molar-refractivity contribution in [1.82, 2.24) is 13.7 Å². The minimum absolute atomic E-state index is 0.147. The highest BCUT2D eigenvalue weighted by molar-refractivity contribution is 5.87. The molecule has 0 bridgehead atoms. The first kappa shape index (κ1) is 22.7. The van der Waals surface area contributed by atoms with Crippen LogP contribution in [0.3, 0.4) is 0 Å². The average molecular weight is 470 g/mol. The van der Waals surface area contributed by atoms with E-state index in [2.05, 4.69) is 23.6 Å². The first-order valence-corrected chi connectivity index (χ1v) is 11.5. The Hall–Kier alpha value is -4.10. The molecule has 0 aliphatic carbocycles. The highest BCUT2D eigenvalue weighted by atomic mass is 16.4. The molecule has 0 aliphatic rings. The molecule has 2 atom stereocenters. The molecule has 7 nitrogen and oxygen atoms in total. The van der Waals surface area contributed by atoms with E-state index in [1.165, 1.54) is 4.57 Å². The molecule has 0 fully saturated rings. The fourth-order valence-corrected chi connectivity index (χ4v) is 5.02. The summed E-state index contributed by atoms with van der Waals surface area (Å²) in [5.41, 5.74) is 4.80. The van der Waals surface area contributed by atoms with E-state index in [0.29, 0.717) is 17.6 Å². The summed E-state index contributed by atoms with van der Waals surface area (Å²) in [6.07, 6.45) is 0.790. The maximum Gasteiger partial charge on any atom is 0.329 e. The van der Waals surface area contributed by atoms with Gasteiger partial charge in [0.15, 0.2) is 0 Å². The number of benzene rings is 3. The summed E-state index contributed by atoms with van der Waals surface area (Å²) in [6, 6.07) is 22.2. The van der Waals surface area contributed by atoms with Gasteiger partial charge in [-0.3, -0.25) is 13.9 Å². The highest BCUT2D eigenvalue weighted by Crippen LogP contribution is 2.27. The van der Waals surface area contributed by atoms with E-state index in [9.17, 15) is 19.8 Å². The summed E-state index contributed by atoms with van der Waals surface area (Å²) in [5, 5.41) is 21.9. The SMILES string of the molecule is Cc1cccc2c1c(Cn1c(=O)n(CC(C(=O)O)C(O)c3ccccc3)c3ccccc31)cn2C. The molecule has 2 unspecified atom stereocenters. The smallest absolute Gasteiger partial charge is 0.329 e. The number of fused-ring (bicyclic) bond motifs is 2. The second-order valence-electron chi connectivity index (χ2n) is 9.00. The van der Waals surface area contributed by atoms with E-state index in [-0.39, 0.29) is 12.2 Å². The van der Waals surface area contributed by atoms with Gasteiger partial charge in [-0.05, 0) is 41.8 Å². The molecular formula is C28H27N3O4. The minimum Gasteiger partial charge on any atom is -0.481 e. The molecule has 0 radical (unpaired) electrons. The van der Waals surface area contributed by atoms with Gasteiger partial charge in [-0.15, -0.1) is 0 Å². The standard InChI is InChI=1S/C28H27N3O4/c1-18-9-8-14-24-25(18)20(15-29(24)2)16-30-22-12-6-7-13-23(22)31(28(30)35)17-21(27(33)34)26(32)19-10-4-3-5-11-19/h3-15,21,26,32H,16-17H2,1-2H3,(H,33,34). The first-order valence-electron chi connectivity index (χ1n) is 11.5. The third-order valence-electron chi connectivity index (χ3n) is 6.77. The van der Waals surface area contributed by atoms with Gasteiger partial charge in [-0.1, -0.05) is 54.6 Å². The lowest BCUT2D eigenvalue weighted by Crippen LogP contribution is -2.32. The second kappa shape index (κ2) is 8.92. The van der Waals surface area contributed by atoms with Gasteiger partial charge in [-0.25, -0.2) is 4.79 Å². The van der Waals surface area contributed by atoms with Crippen molar-refractivity contribution in [2.24, 2.45) is 13.0 Å². The van der Waals surface area contributed by atoms with Crippen molar-refractivity contribution in [3.8, 4) is 0 Å². The predicted molar refractivity (Wildman–Crippen MR) is 135 cm³/mol. The number of aliphatic carboxylic acids is 1. The van der Waals surface area contributed by atoms with Crippen molar-refractivity contribution < 1.29 is 15.0 Å². The molecule has 0 amide bonds. The number of carboxylic acid groups (broad SMARTS) is 1. The van der Waals surface area contributed by atoms with Gasteiger partial charge in [0.1, 0.15) is 5.92 Å². The number of rotatable bonds is 7. The summed E-state index contributed by atoms with van der Waals surface area (Å²) in [5.74, 6) is -2.34. The molecule has 2 N–H and O–H groups in total. The lowest BCUT2D eigenvalue weighted by molar-refractivity contribution is -0.146. The van der Waals surface area contributed by atoms with Gasteiger partial charge in [0, 0.05) is 30.7 Å². The maximum atomic E-state index is 13.7. The first-order chi connectivity index (χ1) is 16.9. The average Bonchev–Trinajstić information content (AvgIpc) is 3.32. The summed E-state index contributed by atoms with van der Waals surface area (Å²) < 4.78 is 5.21. The number of hydrogen-bond donors (Lipinski definition) is 2. The summed E-state index contributed by atoms with van der Waals surface area (Å²) in [6.45, 7) is 2.26. The Kier molecular flexibility index (Phi) is 5.78.